The molecular formula is C23H28N2O3. The first-order valence-electron chi connectivity index (χ1n) is 10.0. The summed E-state index contributed by atoms with van der Waals surface area (Å²) >= 11 is 0. The van der Waals surface area contributed by atoms with Crippen LogP contribution >= 0.6 is 0 Å². The lowest BCUT2D eigenvalue weighted by Gasteiger charge is -2.19. The second-order valence-electron chi connectivity index (χ2n) is 7.27. The van der Waals surface area contributed by atoms with Gasteiger partial charge in [-0.3, -0.25) is 9.59 Å². The highest BCUT2D eigenvalue weighted by molar-refractivity contribution is 6.04. The predicted molar refractivity (Wildman–Crippen MR) is 111 cm³/mol. The van der Waals surface area contributed by atoms with Gasteiger partial charge in [-0.05, 0) is 68.4 Å². The Bertz CT molecular complexity index is 847. The fourth-order valence-electron chi connectivity index (χ4n) is 3.40. The van der Waals surface area contributed by atoms with Crippen molar-refractivity contribution in [3.63, 3.8) is 0 Å². The quantitative estimate of drug-likeness (QED) is 0.760. The van der Waals surface area contributed by atoms with Gasteiger partial charge in [-0.1, -0.05) is 31.2 Å². The Kier molecular flexibility index (Phi) is 6.69. The van der Waals surface area contributed by atoms with Gasteiger partial charge in [0, 0.05) is 6.04 Å². The SMILES string of the molecule is CC[C@@H](C)NC(=O)c1ccccc1NC(=O)COc1cccc2c1CCCC2. The second kappa shape index (κ2) is 9.40. The first-order valence-corrected chi connectivity index (χ1v) is 10.0. The summed E-state index contributed by atoms with van der Waals surface area (Å²) in [5, 5.41) is 5.74. The van der Waals surface area contributed by atoms with Gasteiger partial charge >= 0.3 is 0 Å². The van der Waals surface area contributed by atoms with Gasteiger partial charge in [0.05, 0.1) is 11.3 Å². The van der Waals surface area contributed by atoms with Crippen molar-refractivity contribution < 1.29 is 14.3 Å². The molecule has 0 saturated carbocycles. The molecular weight excluding hydrogens is 352 g/mol. The molecule has 0 radical (unpaired) electrons. The average molecular weight is 380 g/mol. The Morgan fingerprint density at radius 2 is 1.86 bits per heavy atom. The summed E-state index contributed by atoms with van der Waals surface area (Å²) in [5.74, 6) is 0.315. The maximum absolute atomic E-state index is 12.5. The summed E-state index contributed by atoms with van der Waals surface area (Å²) in [6.07, 6.45) is 5.25. The molecule has 0 fully saturated rings. The molecule has 0 spiro atoms. The second-order valence-corrected chi connectivity index (χ2v) is 7.27. The van der Waals surface area contributed by atoms with Crippen LogP contribution in [-0.4, -0.2) is 24.5 Å². The standard InChI is InChI=1S/C23H28N2O3/c1-3-16(2)24-23(27)19-12-6-7-13-20(19)25-22(26)15-28-21-14-8-10-17-9-4-5-11-18(17)21/h6-8,10,12-14,16H,3-5,9,11,15H2,1-2H3,(H,24,27)(H,25,26)/t16-/m1/s1. The Balaban J connectivity index is 1.64. The van der Waals surface area contributed by atoms with E-state index >= 15 is 0 Å². The average Bonchev–Trinajstić information content (AvgIpc) is 2.72. The van der Waals surface area contributed by atoms with E-state index in [2.05, 4.69) is 16.7 Å². The van der Waals surface area contributed by atoms with E-state index in [0.717, 1.165) is 31.4 Å². The monoisotopic (exact) mass is 380 g/mol. The zero-order chi connectivity index (χ0) is 19.9. The molecule has 0 unspecified atom stereocenters. The highest BCUT2D eigenvalue weighted by Crippen LogP contribution is 2.29. The van der Waals surface area contributed by atoms with Gasteiger partial charge in [0.2, 0.25) is 0 Å². The molecule has 28 heavy (non-hydrogen) atoms. The molecule has 5 heteroatoms. The lowest BCUT2D eigenvalue weighted by Crippen LogP contribution is -2.33. The molecule has 1 aliphatic rings. The van der Waals surface area contributed by atoms with Crippen molar-refractivity contribution in [3.05, 3.63) is 59.2 Å². The fraction of sp³-hybridized carbons (Fsp3) is 0.391. The van der Waals surface area contributed by atoms with Crippen LogP contribution in [0.1, 0.15) is 54.6 Å². The van der Waals surface area contributed by atoms with Crippen LogP contribution in [0.4, 0.5) is 5.69 Å². The summed E-state index contributed by atoms with van der Waals surface area (Å²) in [4.78, 5) is 24.9. The number of nitrogens with one attached hydrogen (secondary N) is 2. The normalized spacial score (nSPS) is 13.9. The molecule has 1 aliphatic carbocycles. The molecule has 2 aromatic carbocycles. The maximum atomic E-state index is 12.5. The van der Waals surface area contributed by atoms with Crippen LogP contribution in [0.3, 0.4) is 0 Å². The van der Waals surface area contributed by atoms with Crippen molar-refractivity contribution in [2.45, 2.75) is 52.0 Å². The Labute approximate surface area is 166 Å². The third kappa shape index (κ3) is 4.91. The first kappa shape index (κ1) is 19.9. The Morgan fingerprint density at radius 1 is 1.07 bits per heavy atom. The zero-order valence-electron chi connectivity index (χ0n) is 16.6. The lowest BCUT2D eigenvalue weighted by atomic mass is 9.91. The van der Waals surface area contributed by atoms with E-state index in [0.29, 0.717) is 11.3 Å². The number of benzene rings is 2. The number of amides is 2. The fourth-order valence-corrected chi connectivity index (χ4v) is 3.40. The third-order valence-electron chi connectivity index (χ3n) is 5.15. The summed E-state index contributed by atoms with van der Waals surface area (Å²) in [7, 11) is 0. The molecule has 2 N–H and O–H groups in total. The van der Waals surface area contributed by atoms with Crippen LogP contribution in [0, 0.1) is 0 Å². The molecule has 1 atom stereocenters. The number of carbonyl (C=O) groups is 2. The maximum Gasteiger partial charge on any atom is 0.262 e. The molecule has 0 heterocycles. The number of fused-ring (bicyclic) bond motifs is 1. The molecule has 148 valence electrons. The van der Waals surface area contributed by atoms with E-state index in [-0.39, 0.29) is 24.5 Å². The minimum absolute atomic E-state index is 0.0730. The minimum Gasteiger partial charge on any atom is -0.483 e. The van der Waals surface area contributed by atoms with Gasteiger partial charge in [0.15, 0.2) is 6.61 Å². The van der Waals surface area contributed by atoms with Crippen molar-refractivity contribution in [3.8, 4) is 5.75 Å². The van der Waals surface area contributed by atoms with E-state index in [1.165, 1.54) is 17.5 Å². The molecule has 0 aliphatic heterocycles. The summed E-state index contributed by atoms with van der Waals surface area (Å²) in [6.45, 7) is 3.88. The van der Waals surface area contributed by atoms with Gasteiger partial charge in [-0.15, -0.1) is 0 Å². The van der Waals surface area contributed by atoms with Gasteiger partial charge in [0.1, 0.15) is 5.75 Å². The molecule has 0 saturated heterocycles. The van der Waals surface area contributed by atoms with E-state index in [9.17, 15) is 9.59 Å². The van der Waals surface area contributed by atoms with Gasteiger partial charge in [-0.2, -0.15) is 0 Å². The van der Waals surface area contributed by atoms with E-state index in [4.69, 9.17) is 4.74 Å². The number of ether oxygens (including phenoxy) is 1. The number of hydrogen-bond donors (Lipinski definition) is 2. The zero-order valence-corrected chi connectivity index (χ0v) is 16.6. The smallest absolute Gasteiger partial charge is 0.262 e. The summed E-state index contributed by atoms with van der Waals surface area (Å²) < 4.78 is 5.81. The topological polar surface area (TPSA) is 67.4 Å². The molecule has 5 nitrogen and oxygen atoms in total. The Morgan fingerprint density at radius 3 is 2.68 bits per heavy atom. The first-order chi connectivity index (χ1) is 13.6. The molecule has 2 amide bonds. The molecule has 0 aromatic heterocycles. The number of carbonyl (C=O) groups excluding carboxylic acids is 2. The number of rotatable bonds is 7. The largest absolute Gasteiger partial charge is 0.483 e. The van der Waals surface area contributed by atoms with Gasteiger partial charge < -0.3 is 15.4 Å². The van der Waals surface area contributed by atoms with Crippen molar-refractivity contribution in [1.29, 1.82) is 0 Å². The van der Waals surface area contributed by atoms with Crippen LogP contribution in [0.2, 0.25) is 0 Å². The third-order valence-corrected chi connectivity index (χ3v) is 5.15. The van der Waals surface area contributed by atoms with E-state index in [1.54, 1.807) is 24.3 Å². The van der Waals surface area contributed by atoms with Gasteiger partial charge in [-0.25, -0.2) is 0 Å². The number of anilines is 1. The van der Waals surface area contributed by atoms with E-state index < -0.39 is 0 Å². The van der Waals surface area contributed by atoms with Crippen LogP contribution in [0.5, 0.6) is 5.75 Å². The Hall–Kier alpha value is -2.82. The highest BCUT2D eigenvalue weighted by atomic mass is 16.5. The van der Waals surface area contributed by atoms with Crippen molar-refractivity contribution in [2.24, 2.45) is 0 Å². The van der Waals surface area contributed by atoms with E-state index in [1.807, 2.05) is 26.0 Å². The van der Waals surface area contributed by atoms with Crippen LogP contribution in [-0.2, 0) is 17.6 Å². The number of aryl methyl sites for hydroxylation is 1. The van der Waals surface area contributed by atoms with Crippen LogP contribution < -0.4 is 15.4 Å². The lowest BCUT2D eigenvalue weighted by molar-refractivity contribution is -0.118. The highest BCUT2D eigenvalue weighted by Gasteiger charge is 2.17. The van der Waals surface area contributed by atoms with Crippen LogP contribution in [0.15, 0.2) is 42.5 Å². The molecule has 0 bridgehead atoms. The van der Waals surface area contributed by atoms with Gasteiger partial charge in [0.25, 0.3) is 11.8 Å². The van der Waals surface area contributed by atoms with Crippen molar-refractivity contribution in [2.75, 3.05) is 11.9 Å². The molecule has 2 aromatic rings. The van der Waals surface area contributed by atoms with Crippen molar-refractivity contribution in [1.82, 2.24) is 5.32 Å². The summed E-state index contributed by atoms with van der Waals surface area (Å²) in [6, 6.07) is 13.1. The number of para-hydroxylation sites is 1. The van der Waals surface area contributed by atoms with Crippen molar-refractivity contribution >= 4 is 17.5 Å². The predicted octanol–water partition coefficient (Wildman–Crippen LogP) is 4.11. The van der Waals surface area contributed by atoms with Crippen LogP contribution in [0.25, 0.3) is 0 Å². The summed E-state index contributed by atoms with van der Waals surface area (Å²) in [5.41, 5.74) is 3.48. The number of hydrogen-bond acceptors (Lipinski definition) is 3. The minimum atomic E-state index is -0.280. The molecule has 3 rings (SSSR count).